The van der Waals surface area contributed by atoms with Gasteiger partial charge in [0.15, 0.2) is 0 Å². The van der Waals surface area contributed by atoms with Gasteiger partial charge in [0.25, 0.3) is 0 Å². The Labute approximate surface area is 196 Å². The predicted octanol–water partition coefficient (Wildman–Crippen LogP) is 11.1. The summed E-state index contributed by atoms with van der Waals surface area (Å²) in [6.07, 6.45) is 29.5. The Morgan fingerprint density at radius 2 is 0.593 bits per heavy atom. The summed E-state index contributed by atoms with van der Waals surface area (Å²) in [6.45, 7) is 4.61. The molecule has 166 valence electrons. The summed E-state index contributed by atoms with van der Waals surface area (Å²) in [5.74, 6) is 0. The monoisotopic (exact) mass is 722 g/mol. The molecule has 0 amide bonds. The first kappa shape index (κ1) is 29.2. The van der Waals surface area contributed by atoms with Crippen molar-refractivity contribution in [2.75, 3.05) is 0 Å². The van der Waals surface area contributed by atoms with Gasteiger partial charge in [-0.2, -0.15) is 0 Å². The minimum absolute atomic E-state index is 1.37. The number of hydrogen-bond donors (Lipinski definition) is 0. The Bertz CT molecular complexity index is 256. The van der Waals surface area contributed by atoms with E-state index in [1.165, 1.54) is 128 Å². The van der Waals surface area contributed by atoms with Crippen molar-refractivity contribution in [3.05, 3.63) is 0 Å². The molecule has 0 bridgehead atoms. The third-order valence-electron chi connectivity index (χ3n) is 5.59. The van der Waals surface area contributed by atoms with Crippen LogP contribution in [0.2, 0.25) is 8.94 Å². The van der Waals surface area contributed by atoms with E-state index in [1.54, 1.807) is 8.94 Å². The normalized spacial score (nSPS) is 12.6. The van der Waals surface area contributed by atoms with Gasteiger partial charge in [0.05, 0.1) is 0 Å². The topological polar surface area (TPSA) is 0 Å². The number of halogens is 2. The van der Waals surface area contributed by atoms with Crippen molar-refractivity contribution in [2.24, 2.45) is 0 Å². The van der Waals surface area contributed by atoms with Crippen molar-refractivity contribution in [1.82, 2.24) is 0 Å². The van der Waals surface area contributed by atoms with E-state index in [2.05, 4.69) is 51.2 Å². The number of rotatable bonds is 22. The van der Waals surface area contributed by atoms with Gasteiger partial charge in [0.2, 0.25) is 0 Å². The second kappa shape index (κ2) is 22.9. The molecule has 0 N–H and O–H groups in total. The van der Waals surface area contributed by atoms with Crippen LogP contribution in [0.5, 0.6) is 0 Å². The van der Waals surface area contributed by atoms with Crippen LogP contribution in [0.15, 0.2) is 0 Å². The van der Waals surface area contributed by atoms with E-state index >= 15 is 0 Å². The van der Waals surface area contributed by atoms with Gasteiger partial charge >= 0.3 is 199 Å². The van der Waals surface area contributed by atoms with Crippen molar-refractivity contribution in [3.8, 4) is 0 Å². The molecule has 0 rings (SSSR count). The van der Waals surface area contributed by atoms with Gasteiger partial charge in [-0.1, -0.05) is 0 Å². The van der Waals surface area contributed by atoms with Crippen molar-refractivity contribution in [2.45, 2.75) is 151 Å². The van der Waals surface area contributed by atoms with E-state index in [9.17, 15) is 0 Å². The van der Waals surface area contributed by atoms with Gasteiger partial charge in [-0.15, -0.1) is 0 Å². The standard InChI is InChI=1S/C24H50I2Te/c1-3-5-7-9-11-13-15-17-19-21-23-27(25,26)24-22-20-18-16-14-12-10-8-6-4-2/h3-24H2,1-2H3. The summed E-state index contributed by atoms with van der Waals surface area (Å²) in [7, 11) is -1.48. The Kier molecular flexibility index (Phi) is 24.8. The second-order valence-corrected chi connectivity index (χ2v) is 48.7. The molecule has 0 radical (unpaired) electrons. The Morgan fingerprint density at radius 1 is 0.370 bits per heavy atom. The van der Waals surface area contributed by atoms with E-state index in [0.29, 0.717) is 0 Å². The molecule has 0 fully saturated rings. The Hall–Kier alpha value is 2.25. The summed E-state index contributed by atoms with van der Waals surface area (Å²) in [6, 6.07) is 0. The molecule has 0 saturated carbocycles. The molecule has 0 nitrogen and oxygen atoms in total. The average Bonchev–Trinajstić information content (AvgIpc) is 2.64. The number of hydrogen-bond acceptors (Lipinski definition) is 0. The first-order chi connectivity index (χ1) is 13.1. The average molecular weight is 720 g/mol. The van der Waals surface area contributed by atoms with E-state index in [0.717, 1.165) is 0 Å². The van der Waals surface area contributed by atoms with Gasteiger partial charge in [-0.3, -0.25) is 0 Å². The summed E-state index contributed by atoms with van der Waals surface area (Å²) < 4.78 is 3.22. The Morgan fingerprint density at radius 3 is 0.852 bits per heavy atom. The first-order valence-electron chi connectivity index (χ1n) is 12.3. The summed E-state index contributed by atoms with van der Waals surface area (Å²) in [5, 5.41) is 0. The van der Waals surface area contributed by atoms with Gasteiger partial charge in [0, 0.05) is 0 Å². The van der Waals surface area contributed by atoms with Gasteiger partial charge in [-0.05, 0) is 0 Å². The molecule has 0 aromatic rings. The first-order valence-corrected chi connectivity index (χ1v) is 29.2. The minimum atomic E-state index is -1.48. The van der Waals surface area contributed by atoms with Crippen LogP contribution < -0.4 is 0 Å². The molecule has 0 heterocycles. The van der Waals surface area contributed by atoms with Crippen LogP contribution in [0.3, 0.4) is 0 Å². The zero-order valence-electron chi connectivity index (χ0n) is 18.7. The summed E-state index contributed by atoms with van der Waals surface area (Å²) in [5.41, 5.74) is 0. The van der Waals surface area contributed by atoms with Crippen LogP contribution in [-0.4, -0.2) is 10.3 Å². The molecule has 27 heavy (non-hydrogen) atoms. The summed E-state index contributed by atoms with van der Waals surface area (Å²) in [4.78, 5) is 0. The molecule has 0 aliphatic carbocycles. The molecule has 0 spiro atoms. The molecule has 0 aromatic heterocycles. The third-order valence-corrected chi connectivity index (χ3v) is 22.5. The van der Waals surface area contributed by atoms with Crippen molar-refractivity contribution in [1.29, 1.82) is 0 Å². The molecular weight excluding hydrogens is 670 g/mol. The van der Waals surface area contributed by atoms with E-state index in [-0.39, 0.29) is 0 Å². The van der Waals surface area contributed by atoms with Crippen molar-refractivity contribution < 1.29 is 0 Å². The van der Waals surface area contributed by atoms with Crippen LogP contribution in [0, 0.1) is 0 Å². The van der Waals surface area contributed by atoms with Crippen LogP contribution in [0.1, 0.15) is 142 Å². The SMILES string of the molecule is CCCCCCCCCCCC[Te](I)(I)CCCCCCCCCCCC. The van der Waals surface area contributed by atoms with E-state index < -0.39 is 10.3 Å². The summed E-state index contributed by atoms with van der Waals surface area (Å²) >= 11 is 5.85. The van der Waals surface area contributed by atoms with Gasteiger partial charge < -0.3 is 0 Å². The van der Waals surface area contributed by atoms with Crippen molar-refractivity contribution >= 4 is 47.7 Å². The third kappa shape index (κ3) is 24.4. The second-order valence-electron chi connectivity index (χ2n) is 8.47. The van der Waals surface area contributed by atoms with Crippen LogP contribution in [-0.2, 0) is 0 Å². The van der Waals surface area contributed by atoms with Crippen LogP contribution >= 0.6 is 37.4 Å². The van der Waals surface area contributed by atoms with Gasteiger partial charge in [-0.25, -0.2) is 0 Å². The molecule has 0 aliphatic heterocycles. The zero-order valence-corrected chi connectivity index (χ0v) is 25.4. The molecule has 0 aromatic carbocycles. The fraction of sp³-hybridized carbons (Fsp3) is 1.00. The zero-order chi connectivity index (χ0) is 20.1. The molecular formula is C24H50I2Te. The van der Waals surface area contributed by atoms with E-state index in [1.807, 2.05) is 0 Å². The van der Waals surface area contributed by atoms with Crippen molar-refractivity contribution in [3.63, 3.8) is 0 Å². The molecule has 0 unspecified atom stereocenters. The van der Waals surface area contributed by atoms with Crippen LogP contribution in [0.4, 0.5) is 0 Å². The quantitative estimate of drug-likeness (QED) is 0.0594. The molecule has 0 aliphatic rings. The molecule has 0 atom stereocenters. The molecule has 3 heteroatoms. The maximum atomic E-state index is 2.93. The maximum absolute atomic E-state index is 2.93. The fourth-order valence-electron chi connectivity index (χ4n) is 3.70. The predicted molar refractivity (Wildman–Crippen MR) is 147 cm³/mol. The van der Waals surface area contributed by atoms with Gasteiger partial charge in [0.1, 0.15) is 0 Å². The fourth-order valence-corrected chi connectivity index (χ4v) is 16.2. The van der Waals surface area contributed by atoms with Crippen LogP contribution in [0.25, 0.3) is 0 Å². The Balaban J connectivity index is 3.31. The number of unbranched alkanes of at least 4 members (excludes halogenated alkanes) is 18. The van der Waals surface area contributed by atoms with E-state index in [4.69, 9.17) is 0 Å². The molecule has 0 saturated heterocycles.